The van der Waals surface area contributed by atoms with Crippen molar-refractivity contribution < 1.29 is 13.9 Å². The Balaban J connectivity index is 1.65. The van der Waals surface area contributed by atoms with Crippen LogP contribution in [0.4, 0.5) is 5.69 Å². The molecule has 0 unspecified atom stereocenters. The standard InChI is InChI=1S/C24H23N3O4S/c1-29-18-9-10-20-16(13-18)12-17(23(28)25-20)14-27(15-19-6-5-11-31-19)24(32)26-21-7-3-4-8-22(21)30-2/h3-13H,14-15H2,1-2H3,(H,25,28)(H,26,32). The van der Waals surface area contributed by atoms with Crippen molar-refractivity contribution in [2.24, 2.45) is 0 Å². The number of rotatable bonds is 7. The fourth-order valence-electron chi connectivity index (χ4n) is 3.41. The van der Waals surface area contributed by atoms with E-state index in [1.807, 2.05) is 65.6 Å². The Morgan fingerprint density at radius 1 is 1.06 bits per heavy atom. The molecule has 0 amide bonds. The molecule has 7 nitrogen and oxygen atoms in total. The van der Waals surface area contributed by atoms with E-state index in [0.29, 0.717) is 23.0 Å². The van der Waals surface area contributed by atoms with Crippen LogP contribution in [0.2, 0.25) is 0 Å². The van der Waals surface area contributed by atoms with Crippen LogP contribution in [0, 0.1) is 0 Å². The number of anilines is 1. The number of hydrogen-bond acceptors (Lipinski definition) is 5. The smallest absolute Gasteiger partial charge is 0.253 e. The van der Waals surface area contributed by atoms with E-state index in [4.69, 9.17) is 26.1 Å². The summed E-state index contributed by atoms with van der Waals surface area (Å²) in [7, 11) is 3.22. The number of thiocarbonyl (C=S) groups is 1. The number of furan rings is 1. The van der Waals surface area contributed by atoms with Gasteiger partial charge >= 0.3 is 0 Å². The summed E-state index contributed by atoms with van der Waals surface area (Å²) >= 11 is 5.70. The third-order valence-electron chi connectivity index (χ3n) is 5.05. The van der Waals surface area contributed by atoms with Crippen LogP contribution in [0.1, 0.15) is 11.3 Å². The molecule has 0 aliphatic carbocycles. The largest absolute Gasteiger partial charge is 0.497 e. The molecule has 2 heterocycles. The Kier molecular flexibility index (Phi) is 6.42. The van der Waals surface area contributed by atoms with Crippen LogP contribution >= 0.6 is 12.2 Å². The first kappa shape index (κ1) is 21.5. The minimum atomic E-state index is -0.174. The van der Waals surface area contributed by atoms with Gasteiger partial charge in [0.05, 0.1) is 39.3 Å². The van der Waals surface area contributed by atoms with Crippen LogP contribution in [0.3, 0.4) is 0 Å². The van der Waals surface area contributed by atoms with Gasteiger partial charge in [0.15, 0.2) is 5.11 Å². The number of fused-ring (bicyclic) bond motifs is 1. The van der Waals surface area contributed by atoms with Gasteiger partial charge in [-0.15, -0.1) is 0 Å². The van der Waals surface area contributed by atoms with Crippen molar-refractivity contribution in [2.45, 2.75) is 13.1 Å². The normalized spacial score (nSPS) is 10.7. The molecule has 0 fully saturated rings. The molecule has 0 atom stereocenters. The summed E-state index contributed by atoms with van der Waals surface area (Å²) in [6, 6.07) is 18.6. The van der Waals surface area contributed by atoms with E-state index in [1.54, 1.807) is 20.5 Å². The highest BCUT2D eigenvalue weighted by atomic mass is 32.1. The van der Waals surface area contributed by atoms with Gasteiger partial charge < -0.3 is 29.1 Å². The molecule has 4 aromatic rings. The number of aromatic amines is 1. The minimum absolute atomic E-state index is 0.174. The monoisotopic (exact) mass is 449 g/mol. The maximum absolute atomic E-state index is 12.8. The van der Waals surface area contributed by atoms with Gasteiger partial charge in [0.25, 0.3) is 5.56 Å². The van der Waals surface area contributed by atoms with E-state index in [9.17, 15) is 4.79 Å². The highest BCUT2D eigenvalue weighted by Crippen LogP contribution is 2.24. The maximum Gasteiger partial charge on any atom is 0.253 e. The average Bonchev–Trinajstić information content (AvgIpc) is 3.32. The second-order valence-corrected chi connectivity index (χ2v) is 7.53. The number of para-hydroxylation sites is 2. The third kappa shape index (κ3) is 4.76. The third-order valence-corrected chi connectivity index (χ3v) is 5.41. The first-order valence-corrected chi connectivity index (χ1v) is 10.4. The number of H-pyrrole nitrogens is 1. The number of pyridine rings is 1. The number of nitrogens with zero attached hydrogens (tertiary/aromatic N) is 1. The molecule has 2 aromatic carbocycles. The molecule has 0 bridgehead atoms. The molecular formula is C24H23N3O4S. The van der Waals surface area contributed by atoms with Crippen LogP contribution < -0.4 is 20.3 Å². The summed E-state index contributed by atoms with van der Waals surface area (Å²) in [6.07, 6.45) is 1.61. The second kappa shape index (κ2) is 9.57. The van der Waals surface area contributed by atoms with Crippen molar-refractivity contribution in [1.29, 1.82) is 0 Å². The lowest BCUT2D eigenvalue weighted by Gasteiger charge is -2.25. The first-order chi connectivity index (χ1) is 15.6. The van der Waals surface area contributed by atoms with E-state index in [2.05, 4.69) is 10.3 Å². The van der Waals surface area contributed by atoms with E-state index in [-0.39, 0.29) is 12.1 Å². The Hall–Kier alpha value is -3.78. The zero-order valence-electron chi connectivity index (χ0n) is 17.8. The van der Waals surface area contributed by atoms with Crippen molar-refractivity contribution in [3.8, 4) is 11.5 Å². The predicted octanol–water partition coefficient (Wildman–Crippen LogP) is 4.54. The van der Waals surface area contributed by atoms with Crippen LogP contribution in [0.25, 0.3) is 10.9 Å². The lowest BCUT2D eigenvalue weighted by Crippen LogP contribution is -2.35. The van der Waals surface area contributed by atoms with Crippen LogP contribution in [0.5, 0.6) is 11.5 Å². The molecule has 32 heavy (non-hydrogen) atoms. The van der Waals surface area contributed by atoms with Gasteiger partial charge in [0.2, 0.25) is 0 Å². The Morgan fingerprint density at radius 2 is 1.91 bits per heavy atom. The van der Waals surface area contributed by atoms with Crippen molar-refractivity contribution >= 4 is 33.9 Å². The van der Waals surface area contributed by atoms with Crippen LogP contribution in [-0.2, 0) is 13.1 Å². The highest BCUT2D eigenvalue weighted by Gasteiger charge is 2.17. The molecule has 0 radical (unpaired) electrons. The fraction of sp³-hybridized carbons (Fsp3) is 0.167. The zero-order valence-corrected chi connectivity index (χ0v) is 18.6. The number of methoxy groups -OCH3 is 2. The lowest BCUT2D eigenvalue weighted by molar-refractivity contribution is 0.359. The van der Waals surface area contributed by atoms with Gasteiger partial charge in [-0.1, -0.05) is 12.1 Å². The van der Waals surface area contributed by atoms with Crippen LogP contribution in [0.15, 0.2) is 76.1 Å². The maximum atomic E-state index is 12.8. The molecule has 0 saturated heterocycles. The summed E-state index contributed by atoms with van der Waals surface area (Å²) in [4.78, 5) is 17.6. The van der Waals surface area contributed by atoms with E-state index < -0.39 is 0 Å². The number of aromatic nitrogens is 1. The molecule has 0 aliphatic rings. The molecule has 0 saturated carbocycles. The first-order valence-electron chi connectivity index (χ1n) is 9.98. The highest BCUT2D eigenvalue weighted by molar-refractivity contribution is 7.80. The van der Waals surface area contributed by atoms with E-state index in [0.717, 1.165) is 28.1 Å². The quantitative estimate of drug-likeness (QED) is 0.401. The molecule has 2 aromatic heterocycles. The lowest BCUT2D eigenvalue weighted by atomic mass is 10.1. The van der Waals surface area contributed by atoms with E-state index >= 15 is 0 Å². The number of benzene rings is 2. The number of hydrogen-bond donors (Lipinski definition) is 2. The molecule has 0 aliphatic heterocycles. The predicted molar refractivity (Wildman–Crippen MR) is 128 cm³/mol. The van der Waals surface area contributed by atoms with Gasteiger partial charge in [0, 0.05) is 16.5 Å². The zero-order chi connectivity index (χ0) is 22.5. The summed E-state index contributed by atoms with van der Waals surface area (Å²) in [5.41, 5.74) is 1.88. The molecule has 0 spiro atoms. The van der Waals surface area contributed by atoms with Crippen molar-refractivity contribution in [3.05, 3.63) is 88.6 Å². The minimum Gasteiger partial charge on any atom is -0.497 e. The summed E-state index contributed by atoms with van der Waals surface area (Å²) in [6.45, 7) is 0.674. The van der Waals surface area contributed by atoms with Crippen molar-refractivity contribution in [2.75, 3.05) is 19.5 Å². The second-order valence-electron chi connectivity index (χ2n) is 7.14. The fourth-order valence-corrected chi connectivity index (χ4v) is 3.65. The molecule has 164 valence electrons. The Bertz CT molecular complexity index is 1280. The molecule has 4 rings (SSSR count). The van der Waals surface area contributed by atoms with Crippen molar-refractivity contribution in [3.63, 3.8) is 0 Å². The van der Waals surface area contributed by atoms with Crippen molar-refractivity contribution in [1.82, 2.24) is 9.88 Å². The van der Waals surface area contributed by atoms with Gasteiger partial charge in [-0.3, -0.25) is 4.79 Å². The summed E-state index contributed by atoms with van der Waals surface area (Å²) in [5.74, 6) is 2.12. The molecular weight excluding hydrogens is 426 g/mol. The topological polar surface area (TPSA) is 79.7 Å². The molecule has 2 N–H and O–H groups in total. The van der Waals surface area contributed by atoms with Crippen LogP contribution in [-0.4, -0.2) is 29.2 Å². The average molecular weight is 450 g/mol. The summed E-state index contributed by atoms with van der Waals surface area (Å²) in [5, 5.41) is 4.54. The Labute approximate surface area is 190 Å². The number of nitrogens with one attached hydrogen (secondary N) is 2. The van der Waals surface area contributed by atoms with Gasteiger partial charge in [-0.05, 0) is 60.7 Å². The van der Waals surface area contributed by atoms with E-state index in [1.165, 1.54) is 0 Å². The van der Waals surface area contributed by atoms with Gasteiger partial charge in [0.1, 0.15) is 17.3 Å². The summed E-state index contributed by atoms with van der Waals surface area (Å²) < 4.78 is 16.2. The van der Waals surface area contributed by atoms with Gasteiger partial charge in [-0.2, -0.15) is 0 Å². The van der Waals surface area contributed by atoms with Gasteiger partial charge in [-0.25, -0.2) is 0 Å². The number of ether oxygens (including phenoxy) is 2. The Morgan fingerprint density at radius 3 is 2.66 bits per heavy atom. The molecule has 8 heteroatoms. The SMILES string of the molecule is COc1ccc2[nH]c(=O)c(CN(Cc3ccco3)C(=S)Nc3ccccc3OC)cc2c1.